The van der Waals surface area contributed by atoms with Gasteiger partial charge in [0.05, 0.1) is 24.7 Å². The minimum Gasteiger partial charge on any atom is -0.457 e. The van der Waals surface area contributed by atoms with Gasteiger partial charge in [0.1, 0.15) is 36.9 Å². The number of carbonyl (C=O) groups excluding carboxylic acids is 2. The average molecular weight is 775 g/mol. The molecule has 1 saturated heterocycles. The van der Waals surface area contributed by atoms with Crippen LogP contribution in [-0.2, 0) is 25.4 Å². The van der Waals surface area contributed by atoms with Gasteiger partial charge in [-0.2, -0.15) is 0 Å². The lowest BCUT2D eigenvalue weighted by atomic mass is 9.79. The first-order valence-electron chi connectivity index (χ1n) is 18.4. The lowest BCUT2D eigenvalue weighted by Crippen LogP contribution is -2.42. The van der Waals surface area contributed by atoms with E-state index in [4.69, 9.17) is 27.8 Å². The number of cyclic esters (lactones) is 2. The highest BCUT2D eigenvalue weighted by Crippen LogP contribution is 2.34. The smallest absolute Gasteiger partial charge is 0.360 e. The maximum absolute atomic E-state index is 13.3. The standard InChI is InChI=1S/C43H54N2O10.CH4/c1-8-18-34(46)42(3,4)36-23-14-12-10-11-13-20-29(50-7)26-39-45-31(28-52-39)41(49)55-37(43(5,6)35(47)19-9-2)24-17-22-33-32(53-33)21-15-16-25-38-44-30(27-51-38)40(48)54-36;/h8-22,25,27-29,32-37,46-47H,23-24,26H2,1-7H3;1H4/b11-10-,14-12-,18-8+,19-9+,20-13+,21-15+,22-17-,25-16-;/t29-,32-,33+,34-,35-,36-,37-;/m0./s1. The molecule has 56 heavy (non-hydrogen) atoms. The minimum atomic E-state index is -0.880. The Kier molecular flexibility index (Phi) is 17.4. The topological polar surface area (TPSA) is 167 Å². The van der Waals surface area contributed by atoms with Crippen LogP contribution in [-0.4, -0.2) is 82.0 Å². The summed E-state index contributed by atoms with van der Waals surface area (Å²) in [5, 5.41) is 21.8. The Balaban J connectivity index is 0.00000841. The Morgan fingerprint density at radius 2 is 1.30 bits per heavy atom. The molecule has 4 rings (SSSR count). The third kappa shape index (κ3) is 12.8. The van der Waals surface area contributed by atoms with Gasteiger partial charge >= 0.3 is 11.9 Å². The Labute approximate surface area is 330 Å². The first kappa shape index (κ1) is 45.5. The summed E-state index contributed by atoms with van der Waals surface area (Å²) in [5.74, 6) is -0.828. The second-order valence-electron chi connectivity index (χ2n) is 14.5. The molecule has 2 aromatic heterocycles. The second kappa shape index (κ2) is 21.4. The van der Waals surface area contributed by atoms with Crippen LogP contribution in [0.3, 0.4) is 0 Å². The van der Waals surface area contributed by atoms with E-state index in [1.54, 1.807) is 49.6 Å². The molecule has 2 aromatic rings. The highest BCUT2D eigenvalue weighted by Gasteiger charge is 2.40. The van der Waals surface area contributed by atoms with Gasteiger partial charge in [0.2, 0.25) is 5.89 Å². The largest absolute Gasteiger partial charge is 0.457 e. The van der Waals surface area contributed by atoms with E-state index in [1.807, 2.05) is 96.2 Å². The number of hydrogen-bond donors (Lipinski definition) is 2. The van der Waals surface area contributed by atoms with Gasteiger partial charge in [0, 0.05) is 36.9 Å². The summed E-state index contributed by atoms with van der Waals surface area (Å²) in [5.41, 5.74) is -1.66. The molecule has 0 aliphatic carbocycles. The van der Waals surface area contributed by atoms with Crippen molar-refractivity contribution in [1.82, 2.24) is 9.97 Å². The fourth-order valence-electron chi connectivity index (χ4n) is 5.68. The van der Waals surface area contributed by atoms with E-state index in [2.05, 4.69) is 9.97 Å². The predicted octanol–water partition coefficient (Wildman–Crippen LogP) is 7.89. The zero-order chi connectivity index (χ0) is 40.0. The molecule has 2 aliphatic heterocycles. The number of ether oxygens (including phenoxy) is 4. The number of aliphatic hydroxyl groups is 2. The Morgan fingerprint density at radius 3 is 1.93 bits per heavy atom. The maximum Gasteiger partial charge on any atom is 0.360 e. The van der Waals surface area contributed by atoms with Crippen molar-refractivity contribution in [3.63, 3.8) is 0 Å². The van der Waals surface area contributed by atoms with Crippen LogP contribution in [0.1, 0.15) is 94.6 Å². The average Bonchev–Trinajstić information content (AvgIpc) is 3.47. The minimum absolute atomic E-state index is 0. The number of aromatic nitrogens is 2. The monoisotopic (exact) mass is 774 g/mol. The molecule has 0 unspecified atom stereocenters. The van der Waals surface area contributed by atoms with Crippen LogP contribution >= 0.6 is 0 Å². The Morgan fingerprint density at radius 1 is 0.750 bits per heavy atom. The summed E-state index contributed by atoms with van der Waals surface area (Å²) in [6, 6.07) is 0. The second-order valence-corrected chi connectivity index (χ2v) is 14.5. The number of carbonyl (C=O) groups is 2. The third-order valence-corrected chi connectivity index (χ3v) is 9.64. The molecule has 12 nitrogen and oxygen atoms in total. The van der Waals surface area contributed by atoms with Gasteiger partial charge in [-0.25, -0.2) is 19.6 Å². The fourth-order valence-corrected chi connectivity index (χ4v) is 5.68. The zero-order valence-electron chi connectivity index (χ0n) is 32.6. The van der Waals surface area contributed by atoms with E-state index < -0.39 is 53.3 Å². The molecule has 4 heterocycles. The highest BCUT2D eigenvalue weighted by atomic mass is 16.6. The maximum atomic E-state index is 13.3. The van der Waals surface area contributed by atoms with Crippen molar-refractivity contribution in [2.45, 2.75) is 111 Å². The molecule has 4 bridgehead atoms. The predicted molar refractivity (Wildman–Crippen MR) is 214 cm³/mol. The molecule has 0 spiro atoms. The highest BCUT2D eigenvalue weighted by molar-refractivity contribution is 5.87. The first-order chi connectivity index (χ1) is 26.3. The lowest BCUT2D eigenvalue weighted by Gasteiger charge is -2.36. The molecule has 0 aromatic carbocycles. The Hall–Kier alpha value is -4.88. The number of oxazole rings is 2. The van der Waals surface area contributed by atoms with Crippen molar-refractivity contribution in [2.24, 2.45) is 10.8 Å². The van der Waals surface area contributed by atoms with Crippen LogP contribution in [0.5, 0.6) is 0 Å². The molecule has 0 amide bonds. The van der Waals surface area contributed by atoms with Crippen LogP contribution < -0.4 is 0 Å². The number of rotatable bonds is 7. The number of methoxy groups -OCH3 is 1. The van der Waals surface area contributed by atoms with Crippen LogP contribution in [0.4, 0.5) is 0 Å². The van der Waals surface area contributed by atoms with Crippen molar-refractivity contribution >= 4 is 18.0 Å². The van der Waals surface area contributed by atoms with Crippen molar-refractivity contribution in [3.8, 4) is 0 Å². The van der Waals surface area contributed by atoms with E-state index in [9.17, 15) is 19.8 Å². The van der Waals surface area contributed by atoms with Crippen molar-refractivity contribution in [2.75, 3.05) is 7.11 Å². The molecule has 7 atom stereocenters. The van der Waals surface area contributed by atoms with E-state index >= 15 is 0 Å². The molecule has 2 N–H and O–H groups in total. The summed E-state index contributed by atoms with van der Waals surface area (Å²) < 4.78 is 34.3. The van der Waals surface area contributed by atoms with E-state index in [0.29, 0.717) is 18.7 Å². The molecule has 2 aliphatic rings. The number of aliphatic hydroxyl groups excluding tert-OH is 2. The van der Waals surface area contributed by atoms with Crippen LogP contribution in [0.15, 0.2) is 113 Å². The number of esters is 2. The van der Waals surface area contributed by atoms with Gasteiger partial charge in [-0.05, 0) is 13.8 Å². The van der Waals surface area contributed by atoms with Gasteiger partial charge in [-0.1, -0.05) is 126 Å². The quantitative estimate of drug-likeness (QED) is 0.159. The SMILES string of the molecule is C.C/C=C/[C@H](O)C(C)(C)[C@@H]1C\C=C/C=C\C=C\[C@H](OC)Cc2nc(co2)C(=O)O[C@H](C(C)(C)[C@@H](O)/C=C/C)C/C=C\[C@H]2O[C@H]2/C=C/C=C\c2nc(co2)C(=O)O1. The molecular formula is C44H58N2O10. The van der Waals surface area contributed by atoms with Crippen LogP contribution in [0, 0.1) is 10.8 Å². The number of epoxide rings is 1. The lowest BCUT2D eigenvalue weighted by molar-refractivity contribution is -0.0461. The van der Waals surface area contributed by atoms with E-state index in [1.165, 1.54) is 12.5 Å². The number of fused-ring (bicyclic) bond motifs is 5. The number of allylic oxidation sites excluding steroid dienone is 8. The summed E-state index contributed by atoms with van der Waals surface area (Å²) in [6.07, 6.45) is 28.0. The molecule has 12 heteroatoms. The molecule has 0 saturated carbocycles. The van der Waals surface area contributed by atoms with Gasteiger partial charge in [0.15, 0.2) is 17.3 Å². The van der Waals surface area contributed by atoms with E-state index in [-0.39, 0.29) is 43.3 Å². The summed E-state index contributed by atoms with van der Waals surface area (Å²) >= 11 is 0. The number of nitrogens with zero attached hydrogens (tertiary/aromatic N) is 2. The summed E-state index contributed by atoms with van der Waals surface area (Å²) in [6.45, 7) is 11.0. The summed E-state index contributed by atoms with van der Waals surface area (Å²) in [4.78, 5) is 35.2. The normalized spacial score (nSPS) is 27.8. The zero-order valence-corrected chi connectivity index (χ0v) is 32.6. The molecular weight excluding hydrogens is 716 g/mol. The van der Waals surface area contributed by atoms with Crippen LogP contribution in [0.25, 0.3) is 6.08 Å². The van der Waals surface area contributed by atoms with Gasteiger partial charge in [0.25, 0.3) is 0 Å². The fraction of sp³-hybridized carbons (Fsp3) is 0.455. The summed E-state index contributed by atoms with van der Waals surface area (Å²) in [7, 11) is 1.56. The van der Waals surface area contributed by atoms with Crippen LogP contribution in [0.2, 0.25) is 0 Å². The Bertz CT molecular complexity index is 1800. The molecule has 1 fully saturated rings. The van der Waals surface area contributed by atoms with Crippen molar-refractivity contribution in [3.05, 3.63) is 127 Å². The molecule has 0 radical (unpaired) electrons. The van der Waals surface area contributed by atoms with Gasteiger partial charge in [-0.15, -0.1) is 0 Å². The van der Waals surface area contributed by atoms with Gasteiger partial charge < -0.3 is 38.0 Å². The molecule has 304 valence electrons. The third-order valence-electron chi connectivity index (χ3n) is 9.64. The van der Waals surface area contributed by atoms with Crippen molar-refractivity contribution < 1.29 is 47.6 Å². The van der Waals surface area contributed by atoms with E-state index in [0.717, 1.165) is 0 Å². The number of hydrogen-bond acceptors (Lipinski definition) is 12. The van der Waals surface area contributed by atoms with Gasteiger partial charge in [-0.3, -0.25) is 0 Å². The first-order valence-corrected chi connectivity index (χ1v) is 18.4. The van der Waals surface area contributed by atoms with Crippen molar-refractivity contribution in [1.29, 1.82) is 0 Å².